The Labute approximate surface area is 133 Å². The van der Waals surface area contributed by atoms with Crippen LogP contribution in [-0.2, 0) is 12.3 Å². The van der Waals surface area contributed by atoms with Crippen LogP contribution in [0.5, 0.6) is 0 Å². The fourth-order valence-electron chi connectivity index (χ4n) is 4.34. The first-order valence-corrected chi connectivity index (χ1v) is 9.00. The van der Waals surface area contributed by atoms with Crippen LogP contribution in [0, 0.1) is 17.8 Å². The standard InChI is InChI=1S/C18H27ClN2/c1-3-4-17-9-14(11-19)10-18(20-17)21(2)12-16-8-13-5-6-15(16)7-13/h9-10,13,15-16H,3-8,11-12H2,1-2H3. The van der Waals surface area contributed by atoms with Crippen LogP contribution in [0.4, 0.5) is 5.82 Å². The van der Waals surface area contributed by atoms with Crippen molar-refractivity contribution >= 4 is 17.4 Å². The van der Waals surface area contributed by atoms with Gasteiger partial charge in [0.05, 0.1) is 0 Å². The van der Waals surface area contributed by atoms with Gasteiger partial charge in [-0.2, -0.15) is 0 Å². The van der Waals surface area contributed by atoms with Crippen LogP contribution in [0.3, 0.4) is 0 Å². The van der Waals surface area contributed by atoms with E-state index in [9.17, 15) is 0 Å². The molecule has 21 heavy (non-hydrogen) atoms. The lowest BCUT2D eigenvalue weighted by Crippen LogP contribution is -2.29. The largest absolute Gasteiger partial charge is 0.359 e. The summed E-state index contributed by atoms with van der Waals surface area (Å²) < 4.78 is 0. The van der Waals surface area contributed by atoms with Gasteiger partial charge in [-0.05, 0) is 61.1 Å². The van der Waals surface area contributed by atoms with Crippen LogP contribution in [0.25, 0.3) is 0 Å². The topological polar surface area (TPSA) is 16.1 Å². The second-order valence-corrected chi connectivity index (χ2v) is 7.29. The molecule has 3 rings (SSSR count). The number of aryl methyl sites for hydroxylation is 1. The highest BCUT2D eigenvalue weighted by atomic mass is 35.5. The van der Waals surface area contributed by atoms with Crippen molar-refractivity contribution in [3.8, 4) is 0 Å². The second kappa shape index (κ2) is 6.56. The molecule has 0 N–H and O–H groups in total. The van der Waals surface area contributed by atoms with Crippen molar-refractivity contribution in [3.63, 3.8) is 0 Å². The van der Waals surface area contributed by atoms with Gasteiger partial charge in [0.1, 0.15) is 5.82 Å². The van der Waals surface area contributed by atoms with Crippen molar-refractivity contribution in [1.29, 1.82) is 0 Å². The van der Waals surface area contributed by atoms with E-state index in [1.807, 2.05) is 0 Å². The SMILES string of the molecule is CCCc1cc(CCl)cc(N(C)CC2CC3CCC2C3)n1. The maximum Gasteiger partial charge on any atom is 0.128 e. The molecule has 0 radical (unpaired) electrons. The zero-order chi connectivity index (χ0) is 14.8. The summed E-state index contributed by atoms with van der Waals surface area (Å²) in [4.78, 5) is 7.20. The normalized spacial score (nSPS) is 27.3. The molecule has 0 amide bonds. The highest BCUT2D eigenvalue weighted by Crippen LogP contribution is 2.48. The van der Waals surface area contributed by atoms with Crippen molar-refractivity contribution < 1.29 is 0 Å². The van der Waals surface area contributed by atoms with E-state index in [-0.39, 0.29) is 0 Å². The molecule has 2 aliphatic carbocycles. The van der Waals surface area contributed by atoms with Crippen molar-refractivity contribution in [2.24, 2.45) is 17.8 Å². The Morgan fingerprint density at radius 1 is 1.29 bits per heavy atom. The summed E-state index contributed by atoms with van der Waals surface area (Å²) in [6.45, 7) is 3.36. The number of halogens is 1. The molecule has 3 unspecified atom stereocenters. The summed E-state index contributed by atoms with van der Waals surface area (Å²) in [6.07, 6.45) is 8.03. The smallest absolute Gasteiger partial charge is 0.128 e. The maximum absolute atomic E-state index is 6.05. The summed E-state index contributed by atoms with van der Waals surface area (Å²) in [5, 5.41) is 0. The molecule has 116 valence electrons. The molecule has 0 spiro atoms. The van der Waals surface area contributed by atoms with E-state index in [1.165, 1.54) is 36.9 Å². The molecular weight excluding hydrogens is 280 g/mol. The number of hydrogen-bond acceptors (Lipinski definition) is 2. The Kier molecular flexibility index (Phi) is 4.73. The average Bonchev–Trinajstić information content (AvgIpc) is 3.09. The highest BCUT2D eigenvalue weighted by Gasteiger charge is 2.39. The Morgan fingerprint density at radius 3 is 2.76 bits per heavy atom. The van der Waals surface area contributed by atoms with Gasteiger partial charge in [-0.15, -0.1) is 11.6 Å². The summed E-state index contributed by atoms with van der Waals surface area (Å²) >= 11 is 6.05. The molecule has 2 aliphatic rings. The first-order valence-electron chi connectivity index (χ1n) is 8.46. The number of alkyl halides is 1. The summed E-state index contributed by atoms with van der Waals surface area (Å²) in [5.74, 6) is 4.56. The zero-order valence-electron chi connectivity index (χ0n) is 13.3. The Morgan fingerprint density at radius 2 is 2.14 bits per heavy atom. The van der Waals surface area contributed by atoms with Gasteiger partial charge in [0.2, 0.25) is 0 Å². The Balaban J connectivity index is 1.71. The monoisotopic (exact) mass is 306 g/mol. The van der Waals surface area contributed by atoms with Crippen LogP contribution in [0.1, 0.15) is 50.3 Å². The zero-order valence-corrected chi connectivity index (χ0v) is 14.1. The lowest BCUT2D eigenvalue weighted by atomic mass is 9.88. The third-order valence-corrected chi connectivity index (χ3v) is 5.68. The molecule has 0 aliphatic heterocycles. The van der Waals surface area contributed by atoms with Crippen LogP contribution in [0.2, 0.25) is 0 Å². The van der Waals surface area contributed by atoms with Gasteiger partial charge in [0.15, 0.2) is 0 Å². The molecule has 1 heterocycles. The van der Waals surface area contributed by atoms with Crippen molar-refractivity contribution in [1.82, 2.24) is 4.98 Å². The number of aromatic nitrogens is 1. The van der Waals surface area contributed by atoms with Gasteiger partial charge >= 0.3 is 0 Å². The van der Waals surface area contributed by atoms with E-state index in [0.29, 0.717) is 5.88 Å². The molecule has 3 atom stereocenters. The average molecular weight is 307 g/mol. The highest BCUT2D eigenvalue weighted by molar-refractivity contribution is 6.17. The molecule has 1 aromatic heterocycles. The van der Waals surface area contributed by atoms with Crippen LogP contribution in [-0.4, -0.2) is 18.6 Å². The molecule has 0 saturated heterocycles. The fraction of sp³-hybridized carbons (Fsp3) is 0.722. The van der Waals surface area contributed by atoms with E-state index in [4.69, 9.17) is 16.6 Å². The second-order valence-electron chi connectivity index (χ2n) is 7.02. The van der Waals surface area contributed by atoms with Gasteiger partial charge < -0.3 is 4.90 Å². The van der Waals surface area contributed by atoms with E-state index < -0.39 is 0 Å². The molecule has 2 nitrogen and oxygen atoms in total. The lowest BCUT2D eigenvalue weighted by Gasteiger charge is -2.28. The van der Waals surface area contributed by atoms with Crippen molar-refractivity contribution in [2.75, 3.05) is 18.5 Å². The third-order valence-electron chi connectivity index (χ3n) is 5.37. The predicted octanol–water partition coefficient (Wildman–Crippen LogP) is 4.65. The van der Waals surface area contributed by atoms with Crippen LogP contribution >= 0.6 is 11.6 Å². The Hall–Kier alpha value is -0.760. The quantitative estimate of drug-likeness (QED) is 0.711. The number of rotatable bonds is 6. The minimum Gasteiger partial charge on any atom is -0.359 e. The first kappa shape index (κ1) is 15.1. The number of pyridine rings is 1. The van der Waals surface area contributed by atoms with Gasteiger partial charge in [-0.3, -0.25) is 0 Å². The first-order chi connectivity index (χ1) is 10.2. The van der Waals surface area contributed by atoms with Gasteiger partial charge in [0, 0.05) is 25.2 Å². The minimum atomic E-state index is 0.578. The molecule has 2 fully saturated rings. The maximum atomic E-state index is 6.05. The summed E-state index contributed by atoms with van der Waals surface area (Å²) in [7, 11) is 2.20. The van der Waals surface area contributed by atoms with Crippen LogP contribution in [0.15, 0.2) is 12.1 Å². The molecule has 3 heteroatoms. The Bertz CT molecular complexity index is 488. The minimum absolute atomic E-state index is 0.578. The number of anilines is 1. The van der Waals surface area contributed by atoms with Gasteiger partial charge in [-0.1, -0.05) is 19.8 Å². The molecule has 1 aromatic rings. The van der Waals surface area contributed by atoms with E-state index in [2.05, 4.69) is 31.0 Å². The molecular formula is C18H27ClN2. The molecule has 2 bridgehead atoms. The van der Waals surface area contributed by atoms with E-state index in [1.54, 1.807) is 0 Å². The summed E-state index contributed by atoms with van der Waals surface area (Å²) in [5.41, 5.74) is 2.38. The predicted molar refractivity (Wildman–Crippen MR) is 90.0 cm³/mol. The third kappa shape index (κ3) is 3.36. The van der Waals surface area contributed by atoms with E-state index in [0.717, 1.165) is 43.0 Å². The number of nitrogens with zero attached hydrogens (tertiary/aromatic N) is 2. The molecule has 2 saturated carbocycles. The van der Waals surface area contributed by atoms with Gasteiger partial charge in [0.25, 0.3) is 0 Å². The number of fused-ring (bicyclic) bond motifs is 2. The van der Waals surface area contributed by atoms with Crippen molar-refractivity contribution in [2.45, 2.75) is 51.3 Å². The van der Waals surface area contributed by atoms with Gasteiger partial charge in [-0.25, -0.2) is 4.98 Å². The van der Waals surface area contributed by atoms with E-state index >= 15 is 0 Å². The number of hydrogen-bond donors (Lipinski definition) is 0. The lowest BCUT2D eigenvalue weighted by molar-refractivity contribution is 0.337. The fourth-order valence-corrected chi connectivity index (χ4v) is 4.49. The van der Waals surface area contributed by atoms with Crippen LogP contribution < -0.4 is 4.90 Å². The molecule has 0 aromatic carbocycles. The summed E-state index contributed by atoms with van der Waals surface area (Å²) in [6, 6.07) is 4.32. The van der Waals surface area contributed by atoms with Crippen molar-refractivity contribution in [3.05, 3.63) is 23.4 Å².